The Morgan fingerprint density at radius 1 is 1.35 bits per heavy atom. The molecule has 1 atom stereocenters. The van der Waals surface area contributed by atoms with Crippen LogP contribution in [0.25, 0.3) is 0 Å². The van der Waals surface area contributed by atoms with E-state index < -0.39 is 15.8 Å². The van der Waals surface area contributed by atoms with Gasteiger partial charge in [0.25, 0.3) is 0 Å². The van der Waals surface area contributed by atoms with Gasteiger partial charge in [-0.25, -0.2) is 12.8 Å². The molecule has 1 fully saturated rings. The summed E-state index contributed by atoms with van der Waals surface area (Å²) in [6.45, 7) is 3.07. The van der Waals surface area contributed by atoms with Crippen LogP contribution in [0, 0.1) is 12.7 Å². The molecule has 3 rings (SSSR count). The van der Waals surface area contributed by atoms with Crippen molar-refractivity contribution in [2.45, 2.75) is 17.9 Å². The van der Waals surface area contributed by atoms with E-state index in [0.717, 1.165) is 5.56 Å². The molecule has 0 bridgehead atoms. The van der Waals surface area contributed by atoms with E-state index in [4.69, 9.17) is 0 Å². The lowest BCUT2D eigenvalue weighted by Gasteiger charge is -2.35. The molecule has 0 aliphatic carbocycles. The first-order valence-corrected chi connectivity index (χ1v) is 8.83. The minimum Gasteiger partial charge on any atom is -0.313 e. The van der Waals surface area contributed by atoms with Crippen LogP contribution >= 0.6 is 0 Å². The Hall–Kier alpha value is -1.83. The van der Waals surface area contributed by atoms with E-state index in [9.17, 15) is 12.8 Å². The second kappa shape index (κ2) is 6.35. The van der Waals surface area contributed by atoms with Gasteiger partial charge >= 0.3 is 0 Å². The van der Waals surface area contributed by atoms with Crippen molar-refractivity contribution in [3.8, 4) is 0 Å². The SMILES string of the molecule is Cc1cc(F)ccc1S(=O)(=O)N1CCNCC1c1cccnc1. The number of nitrogens with zero attached hydrogens (tertiary/aromatic N) is 2. The van der Waals surface area contributed by atoms with Crippen LogP contribution in [0.2, 0.25) is 0 Å². The maximum Gasteiger partial charge on any atom is 0.243 e. The summed E-state index contributed by atoms with van der Waals surface area (Å²) in [4.78, 5) is 4.23. The predicted octanol–water partition coefficient (Wildman–Crippen LogP) is 1.86. The summed E-state index contributed by atoms with van der Waals surface area (Å²) in [5.41, 5.74) is 1.25. The Bertz CT molecular complexity index is 796. The van der Waals surface area contributed by atoms with E-state index in [2.05, 4.69) is 10.3 Å². The molecule has 1 unspecified atom stereocenters. The van der Waals surface area contributed by atoms with Crippen molar-refractivity contribution < 1.29 is 12.8 Å². The van der Waals surface area contributed by atoms with Crippen LogP contribution in [0.5, 0.6) is 0 Å². The number of hydrogen-bond acceptors (Lipinski definition) is 4. The molecule has 1 saturated heterocycles. The number of pyridine rings is 1. The molecule has 1 aromatic carbocycles. The molecule has 1 aliphatic rings. The van der Waals surface area contributed by atoms with Gasteiger partial charge in [-0.1, -0.05) is 6.07 Å². The van der Waals surface area contributed by atoms with Gasteiger partial charge in [-0.3, -0.25) is 4.98 Å². The largest absolute Gasteiger partial charge is 0.313 e. The summed E-state index contributed by atoms with van der Waals surface area (Å²) in [5, 5.41) is 3.22. The molecule has 1 aliphatic heterocycles. The smallest absolute Gasteiger partial charge is 0.243 e. The molecule has 7 heteroatoms. The minimum absolute atomic E-state index is 0.148. The highest BCUT2D eigenvalue weighted by Crippen LogP contribution is 2.30. The highest BCUT2D eigenvalue weighted by molar-refractivity contribution is 7.89. The number of sulfonamides is 1. The zero-order valence-corrected chi connectivity index (χ0v) is 13.6. The molecule has 0 amide bonds. The van der Waals surface area contributed by atoms with E-state index in [-0.39, 0.29) is 10.9 Å². The van der Waals surface area contributed by atoms with Gasteiger partial charge in [0.2, 0.25) is 10.0 Å². The normalized spacial score (nSPS) is 19.7. The number of piperazine rings is 1. The van der Waals surface area contributed by atoms with Crippen LogP contribution in [-0.2, 0) is 10.0 Å². The molecule has 0 radical (unpaired) electrons. The maximum atomic E-state index is 13.3. The molecule has 0 saturated carbocycles. The Kier molecular flexibility index (Phi) is 4.43. The van der Waals surface area contributed by atoms with Gasteiger partial charge in [0.05, 0.1) is 10.9 Å². The van der Waals surface area contributed by atoms with E-state index in [0.29, 0.717) is 25.2 Å². The lowest BCUT2D eigenvalue weighted by atomic mass is 10.1. The third kappa shape index (κ3) is 3.12. The zero-order valence-electron chi connectivity index (χ0n) is 12.7. The van der Waals surface area contributed by atoms with Crippen molar-refractivity contribution in [2.75, 3.05) is 19.6 Å². The van der Waals surface area contributed by atoms with Crippen LogP contribution in [0.15, 0.2) is 47.6 Å². The Morgan fingerprint density at radius 2 is 2.17 bits per heavy atom. The summed E-state index contributed by atoms with van der Waals surface area (Å²) in [7, 11) is -3.71. The van der Waals surface area contributed by atoms with Gasteiger partial charge in [-0.05, 0) is 42.3 Å². The van der Waals surface area contributed by atoms with Crippen molar-refractivity contribution in [1.29, 1.82) is 0 Å². The maximum absolute atomic E-state index is 13.3. The third-order valence-corrected chi connectivity index (χ3v) is 6.06. The van der Waals surface area contributed by atoms with Gasteiger partial charge in [-0.2, -0.15) is 4.31 Å². The number of hydrogen-bond donors (Lipinski definition) is 1. The summed E-state index contributed by atoms with van der Waals surface area (Å²) < 4.78 is 40.9. The first kappa shape index (κ1) is 16.0. The van der Waals surface area contributed by atoms with Crippen molar-refractivity contribution in [3.63, 3.8) is 0 Å². The standard InChI is InChI=1S/C16H18FN3O2S/c1-12-9-14(17)4-5-16(12)23(21,22)20-8-7-19-11-15(20)13-3-2-6-18-10-13/h2-6,9-10,15,19H,7-8,11H2,1H3. The molecule has 0 spiro atoms. The molecular formula is C16H18FN3O2S. The van der Waals surface area contributed by atoms with Gasteiger partial charge in [-0.15, -0.1) is 0 Å². The van der Waals surface area contributed by atoms with Crippen molar-refractivity contribution in [3.05, 3.63) is 59.7 Å². The Morgan fingerprint density at radius 3 is 2.87 bits per heavy atom. The van der Waals surface area contributed by atoms with Crippen LogP contribution in [0.3, 0.4) is 0 Å². The summed E-state index contributed by atoms with van der Waals surface area (Å²) in [5.74, 6) is -0.439. The molecule has 5 nitrogen and oxygen atoms in total. The number of halogens is 1. The molecular weight excluding hydrogens is 317 g/mol. The van der Waals surface area contributed by atoms with Crippen molar-refractivity contribution in [1.82, 2.24) is 14.6 Å². The highest BCUT2D eigenvalue weighted by Gasteiger charge is 2.35. The second-order valence-electron chi connectivity index (χ2n) is 5.53. The Labute approximate surface area is 135 Å². The lowest BCUT2D eigenvalue weighted by Crippen LogP contribution is -2.48. The molecule has 2 aromatic rings. The number of benzene rings is 1. The average Bonchev–Trinajstić information content (AvgIpc) is 2.55. The average molecular weight is 335 g/mol. The minimum atomic E-state index is -3.71. The fourth-order valence-corrected chi connectivity index (χ4v) is 4.68. The predicted molar refractivity (Wildman–Crippen MR) is 84.9 cm³/mol. The van der Waals surface area contributed by atoms with Crippen LogP contribution < -0.4 is 5.32 Å². The van der Waals surface area contributed by atoms with E-state index in [1.54, 1.807) is 25.4 Å². The second-order valence-corrected chi connectivity index (χ2v) is 7.39. The molecule has 1 N–H and O–H groups in total. The van der Waals surface area contributed by atoms with Crippen LogP contribution in [-0.4, -0.2) is 37.3 Å². The van der Waals surface area contributed by atoms with E-state index >= 15 is 0 Å². The number of aromatic nitrogens is 1. The zero-order chi connectivity index (χ0) is 16.4. The van der Waals surface area contributed by atoms with Gasteiger partial charge < -0.3 is 5.32 Å². The molecule has 1 aromatic heterocycles. The van der Waals surface area contributed by atoms with Crippen LogP contribution in [0.4, 0.5) is 4.39 Å². The monoisotopic (exact) mass is 335 g/mol. The summed E-state index contributed by atoms with van der Waals surface area (Å²) in [6, 6.07) is 7.09. The van der Waals surface area contributed by atoms with Gasteiger partial charge in [0, 0.05) is 32.0 Å². The first-order valence-electron chi connectivity index (χ1n) is 7.39. The molecule has 2 heterocycles. The van der Waals surface area contributed by atoms with Gasteiger partial charge in [0.15, 0.2) is 0 Å². The number of nitrogens with one attached hydrogen (secondary N) is 1. The fourth-order valence-electron chi connectivity index (χ4n) is 2.86. The Balaban J connectivity index is 2.02. The molecule has 122 valence electrons. The summed E-state index contributed by atoms with van der Waals surface area (Å²) in [6.07, 6.45) is 3.33. The third-order valence-electron chi connectivity index (χ3n) is 3.99. The van der Waals surface area contributed by atoms with Crippen molar-refractivity contribution >= 4 is 10.0 Å². The topological polar surface area (TPSA) is 62.3 Å². The first-order chi connectivity index (χ1) is 11.0. The number of aryl methyl sites for hydroxylation is 1. The summed E-state index contributed by atoms with van der Waals surface area (Å²) >= 11 is 0. The van der Waals surface area contributed by atoms with Gasteiger partial charge in [0.1, 0.15) is 5.82 Å². The fraction of sp³-hybridized carbons (Fsp3) is 0.312. The quantitative estimate of drug-likeness (QED) is 0.930. The van der Waals surface area contributed by atoms with Crippen LogP contribution in [0.1, 0.15) is 17.2 Å². The number of rotatable bonds is 3. The lowest BCUT2D eigenvalue weighted by molar-refractivity contribution is 0.271. The van der Waals surface area contributed by atoms with Crippen molar-refractivity contribution in [2.24, 2.45) is 0 Å². The highest BCUT2D eigenvalue weighted by atomic mass is 32.2. The van der Waals surface area contributed by atoms with E-state index in [1.807, 2.05) is 6.07 Å². The van der Waals surface area contributed by atoms with E-state index in [1.165, 1.54) is 22.5 Å². The molecule has 23 heavy (non-hydrogen) atoms.